The second-order valence-corrected chi connectivity index (χ2v) is 3.46. The van der Waals surface area contributed by atoms with Crippen molar-refractivity contribution in [3.8, 4) is 0 Å². The smallest absolute Gasteiger partial charge is 0.313 e. The van der Waals surface area contributed by atoms with Gasteiger partial charge in [0.1, 0.15) is 0 Å². The van der Waals surface area contributed by atoms with Crippen molar-refractivity contribution < 1.29 is 0 Å². The van der Waals surface area contributed by atoms with E-state index in [4.69, 9.17) is 11.6 Å². The monoisotopic (exact) mass is 208 g/mol. The zero-order valence-corrected chi connectivity index (χ0v) is 8.16. The van der Waals surface area contributed by atoms with Gasteiger partial charge in [0.15, 0.2) is 0 Å². The molecule has 0 unspecified atom stereocenters. The molecule has 1 aromatic carbocycles. The molecule has 14 heavy (non-hydrogen) atoms. The van der Waals surface area contributed by atoms with Crippen molar-refractivity contribution in [3.05, 3.63) is 57.7 Å². The van der Waals surface area contributed by atoms with Gasteiger partial charge in [-0.15, -0.1) is 0 Å². The number of H-pyrrole nitrogens is 1. The Morgan fingerprint density at radius 3 is 2.93 bits per heavy atom. The third-order valence-electron chi connectivity index (χ3n) is 1.96. The first-order valence-corrected chi connectivity index (χ1v) is 4.62. The lowest BCUT2D eigenvalue weighted by Gasteiger charge is -2.01. The molecule has 4 heteroatoms. The number of aromatic nitrogens is 2. The predicted molar refractivity (Wildman–Crippen MR) is 55.6 cm³/mol. The van der Waals surface area contributed by atoms with Crippen molar-refractivity contribution in [1.29, 1.82) is 0 Å². The second-order valence-electron chi connectivity index (χ2n) is 3.02. The van der Waals surface area contributed by atoms with Crippen LogP contribution in [-0.2, 0) is 6.54 Å². The van der Waals surface area contributed by atoms with Gasteiger partial charge in [0.05, 0.1) is 6.54 Å². The van der Waals surface area contributed by atoms with Crippen molar-refractivity contribution >= 4 is 11.6 Å². The summed E-state index contributed by atoms with van der Waals surface area (Å²) >= 11 is 5.83. The normalized spacial score (nSPS) is 10.4. The Hall–Kier alpha value is -1.48. The summed E-state index contributed by atoms with van der Waals surface area (Å²) < 4.78 is 1.59. The fourth-order valence-electron chi connectivity index (χ4n) is 1.31. The first-order chi connectivity index (χ1) is 6.75. The Labute approximate surface area is 86.0 Å². The number of benzene rings is 1. The van der Waals surface area contributed by atoms with Crippen LogP contribution in [0.1, 0.15) is 5.56 Å². The van der Waals surface area contributed by atoms with Crippen LogP contribution in [-0.4, -0.2) is 9.55 Å². The number of hydrogen-bond donors (Lipinski definition) is 1. The maximum atomic E-state index is 11.2. The average molecular weight is 209 g/mol. The van der Waals surface area contributed by atoms with E-state index in [0.29, 0.717) is 11.6 Å². The van der Waals surface area contributed by atoms with Crippen molar-refractivity contribution in [3.63, 3.8) is 0 Å². The number of rotatable bonds is 2. The molecule has 0 radical (unpaired) electrons. The Balaban J connectivity index is 2.27. The van der Waals surface area contributed by atoms with E-state index in [1.165, 1.54) is 0 Å². The van der Waals surface area contributed by atoms with Gasteiger partial charge in [-0.25, -0.2) is 4.79 Å². The molecule has 0 atom stereocenters. The van der Waals surface area contributed by atoms with Gasteiger partial charge in [-0.2, -0.15) is 0 Å². The number of halogens is 1. The minimum atomic E-state index is -0.107. The summed E-state index contributed by atoms with van der Waals surface area (Å²) in [7, 11) is 0. The Bertz CT molecular complexity index is 487. The quantitative estimate of drug-likeness (QED) is 0.804. The summed E-state index contributed by atoms with van der Waals surface area (Å²) in [5, 5.41) is 0.686. The Morgan fingerprint density at radius 2 is 2.29 bits per heavy atom. The molecule has 0 fully saturated rings. The molecule has 0 aliphatic rings. The highest BCUT2D eigenvalue weighted by molar-refractivity contribution is 6.30. The number of aromatic amines is 1. The molecule has 1 heterocycles. The number of imidazole rings is 1. The van der Waals surface area contributed by atoms with Crippen LogP contribution in [0.2, 0.25) is 5.02 Å². The maximum Gasteiger partial charge on any atom is 0.325 e. The van der Waals surface area contributed by atoms with Crippen LogP contribution in [0.25, 0.3) is 0 Å². The minimum Gasteiger partial charge on any atom is -0.313 e. The molecule has 0 aliphatic carbocycles. The molecule has 0 amide bonds. The Kier molecular flexibility index (Phi) is 2.41. The van der Waals surface area contributed by atoms with Crippen LogP contribution in [0, 0.1) is 0 Å². The molecule has 0 spiro atoms. The van der Waals surface area contributed by atoms with Crippen molar-refractivity contribution in [2.75, 3.05) is 0 Å². The van der Waals surface area contributed by atoms with E-state index in [1.54, 1.807) is 17.0 Å². The van der Waals surface area contributed by atoms with Crippen LogP contribution in [0.3, 0.4) is 0 Å². The molecular formula is C10H9ClN2O. The van der Waals surface area contributed by atoms with Gasteiger partial charge in [0, 0.05) is 17.4 Å². The van der Waals surface area contributed by atoms with E-state index >= 15 is 0 Å². The fraction of sp³-hybridized carbons (Fsp3) is 0.100. The molecule has 2 aromatic rings. The van der Waals surface area contributed by atoms with Crippen molar-refractivity contribution in [1.82, 2.24) is 9.55 Å². The highest BCUT2D eigenvalue weighted by atomic mass is 35.5. The fourth-order valence-corrected chi connectivity index (χ4v) is 1.52. The Morgan fingerprint density at radius 1 is 1.43 bits per heavy atom. The molecule has 0 saturated carbocycles. The van der Waals surface area contributed by atoms with E-state index in [0.717, 1.165) is 5.56 Å². The van der Waals surface area contributed by atoms with E-state index in [2.05, 4.69) is 4.98 Å². The summed E-state index contributed by atoms with van der Waals surface area (Å²) in [5.74, 6) is 0. The van der Waals surface area contributed by atoms with Gasteiger partial charge < -0.3 is 4.98 Å². The molecule has 2 rings (SSSR count). The zero-order valence-electron chi connectivity index (χ0n) is 7.40. The lowest BCUT2D eigenvalue weighted by molar-refractivity contribution is 0.762. The van der Waals surface area contributed by atoms with Crippen LogP contribution < -0.4 is 5.69 Å². The average Bonchev–Trinajstić information content (AvgIpc) is 2.52. The predicted octanol–water partition coefficient (Wildman–Crippen LogP) is 1.88. The van der Waals surface area contributed by atoms with Crippen LogP contribution in [0.15, 0.2) is 41.5 Å². The summed E-state index contributed by atoms with van der Waals surface area (Å²) in [6.07, 6.45) is 3.33. The first-order valence-electron chi connectivity index (χ1n) is 4.24. The third kappa shape index (κ3) is 1.88. The van der Waals surface area contributed by atoms with E-state index < -0.39 is 0 Å². The van der Waals surface area contributed by atoms with Crippen LogP contribution >= 0.6 is 11.6 Å². The SMILES string of the molecule is O=c1[nH]ccn1Cc1cccc(Cl)c1. The molecule has 3 nitrogen and oxygen atoms in total. The van der Waals surface area contributed by atoms with Gasteiger partial charge in [-0.1, -0.05) is 23.7 Å². The lowest BCUT2D eigenvalue weighted by atomic mass is 10.2. The van der Waals surface area contributed by atoms with Crippen LogP contribution in [0.5, 0.6) is 0 Å². The molecule has 0 aliphatic heterocycles. The van der Waals surface area contributed by atoms with Gasteiger partial charge >= 0.3 is 5.69 Å². The molecule has 1 N–H and O–H groups in total. The highest BCUT2D eigenvalue weighted by Crippen LogP contribution is 2.10. The summed E-state index contributed by atoms with van der Waals surface area (Å²) in [6, 6.07) is 7.46. The molecule has 1 aromatic heterocycles. The minimum absolute atomic E-state index is 0.107. The summed E-state index contributed by atoms with van der Waals surface area (Å²) in [4.78, 5) is 13.8. The highest BCUT2D eigenvalue weighted by Gasteiger charge is 1.98. The molecule has 72 valence electrons. The third-order valence-corrected chi connectivity index (χ3v) is 2.20. The maximum absolute atomic E-state index is 11.2. The lowest BCUT2D eigenvalue weighted by Crippen LogP contribution is -2.16. The largest absolute Gasteiger partial charge is 0.325 e. The number of hydrogen-bond acceptors (Lipinski definition) is 1. The number of nitrogens with zero attached hydrogens (tertiary/aromatic N) is 1. The van der Waals surface area contributed by atoms with Crippen LogP contribution in [0.4, 0.5) is 0 Å². The molecule has 0 saturated heterocycles. The van der Waals surface area contributed by atoms with Crippen molar-refractivity contribution in [2.45, 2.75) is 6.54 Å². The topological polar surface area (TPSA) is 37.8 Å². The number of nitrogens with one attached hydrogen (secondary N) is 1. The second kappa shape index (κ2) is 3.72. The zero-order chi connectivity index (χ0) is 9.97. The van der Waals surface area contributed by atoms with Gasteiger partial charge in [-0.05, 0) is 17.7 Å². The summed E-state index contributed by atoms with van der Waals surface area (Å²) in [5.41, 5.74) is 0.907. The molecular weight excluding hydrogens is 200 g/mol. The van der Waals surface area contributed by atoms with Gasteiger partial charge in [0.25, 0.3) is 0 Å². The van der Waals surface area contributed by atoms with E-state index in [-0.39, 0.29) is 5.69 Å². The summed E-state index contributed by atoms with van der Waals surface area (Å²) in [6.45, 7) is 0.545. The van der Waals surface area contributed by atoms with Crippen molar-refractivity contribution in [2.24, 2.45) is 0 Å². The van der Waals surface area contributed by atoms with E-state index in [1.807, 2.05) is 24.3 Å². The van der Waals surface area contributed by atoms with E-state index in [9.17, 15) is 4.79 Å². The van der Waals surface area contributed by atoms with Gasteiger partial charge in [0.2, 0.25) is 0 Å². The first kappa shape index (κ1) is 9.09. The van der Waals surface area contributed by atoms with Gasteiger partial charge in [-0.3, -0.25) is 4.57 Å². The molecule has 0 bridgehead atoms. The standard InChI is InChI=1S/C10H9ClN2O/c11-9-3-1-2-8(6-9)7-13-5-4-12-10(13)14/h1-6H,7H2,(H,12,14).